The fraction of sp³-hybridized carbons (Fsp3) is 0.714. The molecule has 3 unspecified atom stereocenters. The van der Waals surface area contributed by atoms with E-state index in [4.69, 9.17) is 15.2 Å². The first-order valence-corrected chi connectivity index (χ1v) is 10.6. The number of hydrogen-bond donors (Lipinski definition) is 1. The quantitative estimate of drug-likeness (QED) is 0.719. The number of nitrogens with two attached hydrogens (primary N) is 1. The molecule has 162 valence electrons. The normalized spacial score (nSPS) is 25.6. The van der Waals surface area contributed by atoms with Gasteiger partial charge in [-0.3, -0.25) is 4.90 Å². The first kappa shape index (κ1) is 21.6. The van der Waals surface area contributed by atoms with E-state index in [2.05, 4.69) is 4.98 Å². The van der Waals surface area contributed by atoms with Crippen LogP contribution in [0.25, 0.3) is 0 Å². The van der Waals surface area contributed by atoms with Gasteiger partial charge in [0.1, 0.15) is 23.8 Å². The molecule has 8 heteroatoms. The van der Waals surface area contributed by atoms with Crippen LogP contribution < -0.4 is 15.4 Å². The van der Waals surface area contributed by atoms with Crippen molar-refractivity contribution in [2.24, 2.45) is 5.73 Å². The molecule has 1 amide bonds. The van der Waals surface area contributed by atoms with Crippen molar-refractivity contribution in [1.82, 2.24) is 9.88 Å². The molecule has 3 aliphatic heterocycles. The predicted octanol–water partition coefficient (Wildman–Crippen LogP) is 3.10. The van der Waals surface area contributed by atoms with Gasteiger partial charge in [0.05, 0.1) is 17.6 Å². The van der Waals surface area contributed by atoms with Gasteiger partial charge in [0.15, 0.2) is 0 Å². The number of anilines is 1. The van der Waals surface area contributed by atoms with Gasteiger partial charge in [0.25, 0.3) is 0 Å². The van der Waals surface area contributed by atoms with E-state index >= 15 is 0 Å². The Morgan fingerprint density at radius 3 is 2.48 bits per heavy atom. The molecular weight excluding hydrogens is 375 g/mol. The zero-order chi connectivity index (χ0) is 21.3. The summed E-state index contributed by atoms with van der Waals surface area (Å²) in [6.45, 7) is 11.2. The van der Waals surface area contributed by atoms with Gasteiger partial charge in [-0.05, 0) is 40.0 Å². The molecule has 2 saturated heterocycles. The van der Waals surface area contributed by atoms with Crippen LogP contribution in [0.4, 0.5) is 15.0 Å². The highest BCUT2D eigenvalue weighted by Gasteiger charge is 2.44. The lowest BCUT2D eigenvalue weighted by Crippen LogP contribution is -2.57. The maximum absolute atomic E-state index is 14.5. The zero-order valence-electron chi connectivity index (χ0n) is 18.1. The fourth-order valence-corrected chi connectivity index (χ4v) is 4.20. The molecule has 4 rings (SSSR count). The lowest BCUT2D eigenvalue weighted by atomic mass is 10.0. The Morgan fingerprint density at radius 1 is 1.28 bits per heavy atom. The third-order valence-corrected chi connectivity index (χ3v) is 5.35. The van der Waals surface area contributed by atoms with Gasteiger partial charge in [-0.2, -0.15) is 4.39 Å². The monoisotopic (exact) mass is 408 g/mol. The Labute approximate surface area is 172 Å². The van der Waals surface area contributed by atoms with Crippen LogP contribution in [0, 0.1) is 5.95 Å². The van der Waals surface area contributed by atoms with Gasteiger partial charge >= 0.3 is 6.09 Å². The molecule has 0 saturated carbocycles. The van der Waals surface area contributed by atoms with Crippen molar-refractivity contribution in [3.05, 3.63) is 17.6 Å². The Bertz CT molecular complexity index is 738. The molecule has 2 N–H and O–H groups in total. The number of carbonyl (C=O) groups is 1. The summed E-state index contributed by atoms with van der Waals surface area (Å²) in [5.74, 6) is 0.572. The summed E-state index contributed by atoms with van der Waals surface area (Å²) in [7, 11) is 0. The van der Waals surface area contributed by atoms with Crippen LogP contribution in [-0.4, -0.2) is 59.4 Å². The maximum atomic E-state index is 14.5. The van der Waals surface area contributed by atoms with E-state index < -0.39 is 11.5 Å². The van der Waals surface area contributed by atoms with Crippen LogP contribution in [0.5, 0.6) is 5.75 Å². The van der Waals surface area contributed by atoms with Gasteiger partial charge in [0.2, 0.25) is 5.95 Å². The molecule has 29 heavy (non-hydrogen) atoms. The smallest absolute Gasteiger partial charge is 0.410 e. The molecule has 3 atom stereocenters. The predicted molar refractivity (Wildman–Crippen MR) is 110 cm³/mol. The maximum Gasteiger partial charge on any atom is 0.410 e. The van der Waals surface area contributed by atoms with Crippen molar-refractivity contribution >= 4 is 11.9 Å². The Hall–Kier alpha value is -2.09. The van der Waals surface area contributed by atoms with Crippen molar-refractivity contribution in [2.45, 2.75) is 77.6 Å². The first-order chi connectivity index (χ1) is 13.7. The van der Waals surface area contributed by atoms with E-state index in [-0.39, 0.29) is 24.2 Å². The van der Waals surface area contributed by atoms with Crippen molar-refractivity contribution < 1.29 is 18.7 Å². The molecule has 3 aliphatic rings. The first-order valence-electron chi connectivity index (χ1n) is 10.6. The van der Waals surface area contributed by atoms with E-state index in [1.54, 1.807) is 6.07 Å². The number of aromatic nitrogens is 1. The summed E-state index contributed by atoms with van der Waals surface area (Å²) in [6, 6.07) is 1.70. The number of halogens is 1. The molecule has 0 aliphatic carbocycles. The van der Waals surface area contributed by atoms with Gasteiger partial charge in [-0.15, -0.1) is 0 Å². The number of fused-ring (bicyclic) bond motifs is 3. The van der Waals surface area contributed by atoms with Crippen LogP contribution in [0.15, 0.2) is 6.07 Å². The summed E-state index contributed by atoms with van der Waals surface area (Å²) in [6.07, 6.45) is 2.00. The Kier molecular flexibility index (Phi) is 6.22. The van der Waals surface area contributed by atoms with Crippen LogP contribution >= 0.6 is 0 Å². The van der Waals surface area contributed by atoms with Crippen molar-refractivity contribution in [2.75, 3.05) is 24.6 Å². The van der Waals surface area contributed by atoms with E-state index in [1.807, 2.05) is 44.4 Å². The standard InChI is InChI=1S/C19H27FN4O3.C2H6/c1-19(2,3)27-18(25)24-12-4-5-13(24)9-23(8-12)16-7-15-14(17(20)22-16)6-11(21)10-26-15;1-2/h7,11-13H,4-6,8-10,21H2,1-3H3;1-2H3. The Balaban J connectivity index is 0.00000117. The number of rotatable bonds is 1. The van der Waals surface area contributed by atoms with Gasteiger partial charge in [-0.1, -0.05) is 13.8 Å². The van der Waals surface area contributed by atoms with Crippen molar-refractivity contribution in [1.29, 1.82) is 0 Å². The fourth-order valence-electron chi connectivity index (χ4n) is 4.20. The van der Waals surface area contributed by atoms with E-state index in [9.17, 15) is 9.18 Å². The number of carbonyl (C=O) groups excluding carboxylic acids is 1. The second-order valence-corrected chi connectivity index (χ2v) is 8.70. The van der Waals surface area contributed by atoms with Crippen molar-refractivity contribution in [3.8, 4) is 5.75 Å². The molecule has 1 aromatic rings. The highest BCUT2D eigenvalue weighted by atomic mass is 19.1. The van der Waals surface area contributed by atoms with Crippen LogP contribution in [0.3, 0.4) is 0 Å². The molecule has 4 heterocycles. The lowest BCUT2D eigenvalue weighted by molar-refractivity contribution is 0.0122. The third-order valence-electron chi connectivity index (χ3n) is 5.35. The molecule has 2 fully saturated rings. The van der Waals surface area contributed by atoms with Gasteiger partial charge in [0, 0.05) is 25.2 Å². The average Bonchev–Trinajstić information content (AvgIpc) is 2.92. The number of piperazine rings is 1. The van der Waals surface area contributed by atoms with E-state index in [0.717, 1.165) is 12.8 Å². The number of ether oxygens (including phenoxy) is 2. The summed E-state index contributed by atoms with van der Waals surface area (Å²) < 4.78 is 25.7. The van der Waals surface area contributed by atoms with Gasteiger partial charge < -0.3 is 20.1 Å². The average molecular weight is 409 g/mol. The summed E-state index contributed by atoms with van der Waals surface area (Å²) >= 11 is 0. The number of hydrogen-bond acceptors (Lipinski definition) is 6. The van der Waals surface area contributed by atoms with Crippen molar-refractivity contribution in [3.63, 3.8) is 0 Å². The lowest BCUT2D eigenvalue weighted by Gasteiger charge is -2.42. The number of nitrogens with zero attached hydrogens (tertiary/aromatic N) is 3. The largest absolute Gasteiger partial charge is 0.491 e. The zero-order valence-corrected chi connectivity index (χ0v) is 18.1. The highest BCUT2D eigenvalue weighted by molar-refractivity contribution is 5.70. The van der Waals surface area contributed by atoms with Crippen LogP contribution in [0.2, 0.25) is 0 Å². The molecule has 0 radical (unpaired) electrons. The minimum Gasteiger partial charge on any atom is -0.491 e. The highest BCUT2D eigenvalue weighted by Crippen LogP contribution is 2.36. The number of amides is 1. The molecular formula is C21H33FN4O3. The minimum atomic E-state index is -0.519. The molecule has 0 aromatic carbocycles. The molecule has 2 bridgehead atoms. The Morgan fingerprint density at radius 2 is 1.90 bits per heavy atom. The molecule has 0 spiro atoms. The second kappa shape index (κ2) is 8.34. The van der Waals surface area contributed by atoms with E-state index in [1.165, 1.54) is 0 Å². The van der Waals surface area contributed by atoms with E-state index in [0.29, 0.717) is 43.2 Å². The summed E-state index contributed by atoms with van der Waals surface area (Å²) in [5.41, 5.74) is 5.78. The SMILES string of the molecule is CC.CC(C)(C)OC(=O)N1C2CCC1CN(c1cc3c(c(F)n1)CC(N)CO3)C2. The summed E-state index contributed by atoms with van der Waals surface area (Å²) in [4.78, 5) is 20.6. The second-order valence-electron chi connectivity index (χ2n) is 8.70. The van der Waals surface area contributed by atoms with Crippen LogP contribution in [-0.2, 0) is 11.2 Å². The number of pyridine rings is 1. The van der Waals surface area contributed by atoms with Gasteiger partial charge in [-0.25, -0.2) is 9.78 Å². The van der Waals surface area contributed by atoms with Crippen LogP contribution in [0.1, 0.15) is 53.0 Å². The molecule has 7 nitrogen and oxygen atoms in total. The molecule has 1 aromatic heterocycles. The summed E-state index contributed by atoms with van der Waals surface area (Å²) in [5, 5.41) is 0. The third kappa shape index (κ3) is 4.57. The minimum absolute atomic E-state index is 0.0498. The topological polar surface area (TPSA) is 80.9 Å².